The summed E-state index contributed by atoms with van der Waals surface area (Å²) < 4.78 is 5.45. The summed E-state index contributed by atoms with van der Waals surface area (Å²) >= 11 is 0. The van der Waals surface area contributed by atoms with E-state index in [0.717, 1.165) is 19.4 Å². The number of carbonyl (C=O) groups is 2. The van der Waals surface area contributed by atoms with Gasteiger partial charge < -0.3 is 15.2 Å². The van der Waals surface area contributed by atoms with Crippen molar-refractivity contribution < 1.29 is 19.4 Å². The van der Waals surface area contributed by atoms with Crippen LogP contribution < -0.4 is 5.32 Å². The molecule has 0 saturated heterocycles. The van der Waals surface area contributed by atoms with Crippen LogP contribution >= 0.6 is 0 Å². The van der Waals surface area contributed by atoms with E-state index in [1.165, 1.54) is 0 Å². The summed E-state index contributed by atoms with van der Waals surface area (Å²) in [5.41, 5.74) is 0. The van der Waals surface area contributed by atoms with E-state index in [-0.39, 0.29) is 24.3 Å². The lowest BCUT2D eigenvalue weighted by molar-refractivity contribution is -0.138. The van der Waals surface area contributed by atoms with Crippen LogP contribution in [0.4, 0.5) is 0 Å². The molecule has 5 heteroatoms. The Kier molecular flexibility index (Phi) is 6.28. The van der Waals surface area contributed by atoms with Gasteiger partial charge in [0.15, 0.2) is 0 Å². The van der Waals surface area contributed by atoms with Gasteiger partial charge in [-0.25, -0.2) is 0 Å². The number of carboxylic acid groups (broad SMARTS) is 1. The van der Waals surface area contributed by atoms with Crippen LogP contribution in [0.3, 0.4) is 0 Å². The average molecular weight is 271 g/mol. The fraction of sp³-hybridized carbons (Fsp3) is 0.857. The number of carbonyl (C=O) groups excluding carboxylic acids is 1. The summed E-state index contributed by atoms with van der Waals surface area (Å²) in [6.07, 6.45) is 2.64. The predicted octanol–water partition coefficient (Wildman–Crippen LogP) is 1.81. The molecule has 1 atom stereocenters. The topological polar surface area (TPSA) is 75.6 Å². The van der Waals surface area contributed by atoms with Gasteiger partial charge in [0.1, 0.15) is 0 Å². The summed E-state index contributed by atoms with van der Waals surface area (Å²) in [6, 6.07) is -0.284. The van der Waals surface area contributed by atoms with Crippen molar-refractivity contribution in [2.75, 3.05) is 6.61 Å². The Morgan fingerprint density at radius 2 is 2.00 bits per heavy atom. The third kappa shape index (κ3) is 5.59. The molecule has 1 aliphatic carbocycles. The lowest BCUT2D eigenvalue weighted by Gasteiger charge is -2.35. The molecule has 1 saturated carbocycles. The highest BCUT2D eigenvalue weighted by Crippen LogP contribution is 2.32. The van der Waals surface area contributed by atoms with Gasteiger partial charge in [-0.05, 0) is 31.6 Å². The van der Waals surface area contributed by atoms with Crippen molar-refractivity contribution in [3.05, 3.63) is 0 Å². The predicted molar refractivity (Wildman–Crippen MR) is 71.8 cm³/mol. The van der Waals surface area contributed by atoms with Gasteiger partial charge in [0.2, 0.25) is 5.91 Å². The first-order chi connectivity index (χ1) is 8.92. The maximum absolute atomic E-state index is 11.9. The van der Waals surface area contributed by atoms with Crippen molar-refractivity contribution in [1.82, 2.24) is 5.32 Å². The molecule has 1 amide bonds. The lowest BCUT2D eigenvalue weighted by atomic mass is 9.79. The molecule has 0 bridgehead atoms. The summed E-state index contributed by atoms with van der Waals surface area (Å²) in [7, 11) is 0. The summed E-state index contributed by atoms with van der Waals surface area (Å²) in [5.74, 6) is -0.411. The smallest absolute Gasteiger partial charge is 0.305 e. The fourth-order valence-corrected chi connectivity index (χ4v) is 2.38. The van der Waals surface area contributed by atoms with Gasteiger partial charge in [0.25, 0.3) is 0 Å². The van der Waals surface area contributed by atoms with Crippen molar-refractivity contribution in [2.24, 2.45) is 11.8 Å². The standard InChI is InChI=1S/C14H25NO4/c1-4-19-11-5-10(6-11)7-13(16)15-12(9(2)3)8-14(17)18/h9-12H,4-8H2,1-3H3,(H,15,16)(H,17,18). The van der Waals surface area contributed by atoms with Gasteiger partial charge in [0.05, 0.1) is 12.5 Å². The maximum atomic E-state index is 11.9. The molecule has 1 fully saturated rings. The highest BCUT2D eigenvalue weighted by molar-refractivity contribution is 5.77. The van der Waals surface area contributed by atoms with Crippen molar-refractivity contribution in [2.45, 2.75) is 58.6 Å². The number of carboxylic acids is 1. The highest BCUT2D eigenvalue weighted by atomic mass is 16.5. The van der Waals surface area contributed by atoms with Gasteiger partial charge in [0, 0.05) is 19.1 Å². The van der Waals surface area contributed by atoms with E-state index in [1.807, 2.05) is 20.8 Å². The first-order valence-corrected chi connectivity index (χ1v) is 7.05. The molecule has 0 aromatic carbocycles. The molecule has 0 heterocycles. The number of hydrogen-bond donors (Lipinski definition) is 2. The van der Waals surface area contributed by atoms with E-state index in [1.54, 1.807) is 0 Å². The first kappa shape index (κ1) is 16.0. The minimum Gasteiger partial charge on any atom is -0.481 e. The van der Waals surface area contributed by atoms with Crippen molar-refractivity contribution in [3.8, 4) is 0 Å². The van der Waals surface area contributed by atoms with E-state index >= 15 is 0 Å². The van der Waals surface area contributed by atoms with Crippen LogP contribution in [-0.4, -0.2) is 35.7 Å². The zero-order valence-corrected chi connectivity index (χ0v) is 12.0. The SMILES string of the molecule is CCOC1CC(CC(=O)NC(CC(=O)O)C(C)C)C1. The van der Waals surface area contributed by atoms with E-state index in [2.05, 4.69) is 5.32 Å². The molecule has 0 aliphatic heterocycles. The van der Waals surface area contributed by atoms with Gasteiger partial charge in [-0.2, -0.15) is 0 Å². The molecule has 19 heavy (non-hydrogen) atoms. The number of nitrogens with one attached hydrogen (secondary N) is 1. The van der Waals surface area contributed by atoms with Gasteiger partial charge >= 0.3 is 5.97 Å². The Morgan fingerprint density at radius 3 is 2.47 bits per heavy atom. The Bertz CT molecular complexity index is 311. The minimum atomic E-state index is -0.876. The number of amides is 1. The van der Waals surface area contributed by atoms with E-state index in [0.29, 0.717) is 18.4 Å². The van der Waals surface area contributed by atoms with Crippen LogP contribution in [0, 0.1) is 11.8 Å². The Balaban J connectivity index is 2.28. The molecule has 1 unspecified atom stereocenters. The third-order valence-corrected chi connectivity index (χ3v) is 3.61. The largest absolute Gasteiger partial charge is 0.481 e. The van der Waals surface area contributed by atoms with Crippen LogP contribution in [0.5, 0.6) is 0 Å². The van der Waals surface area contributed by atoms with Crippen LogP contribution in [0.1, 0.15) is 46.5 Å². The molecular formula is C14H25NO4. The molecule has 1 rings (SSSR count). The molecule has 5 nitrogen and oxygen atoms in total. The first-order valence-electron chi connectivity index (χ1n) is 7.05. The van der Waals surface area contributed by atoms with Crippen molar-refractivity contribution >= 4 is 11.9 Å². The molecule has 0 aromatic heterocycles. The van der Waals surface area contributed by atoms with Crippen LogP contribution in [0.25, 0.3) is 0 Å². The normalized spacial score (nSPS) is 23.8. The maximum Gasteiger partial charge on any atom is 0.305 e. The summed E-state index contributed by atoms with van der Waals surface area (Å²) in [4.78, 5) is 22.6. The fourth-order valence-electron chi connectivity index (χ4n) is 2.38. The lowest BCUT2D eigenvalue weighted by Crippen LogP contribution is -2.42. The Morgan fingerprint density at radius 1 is 1.37 bits per heavy atom. The number of aliphatic carboxylic acids is 1. The molecule has 0 spiro atoms. The minimum absolute atomic E-state index is 0.0182. The summed E-state index contributed by atoms with van der Waals surface area (Å²) in [6.45, 7) is 6.53. The summed E-state index contributed by atoms with van der Waals surface area (Å²) in [5, 5.41) is 11.6. The molecule has 0 radical (unpaired) electrons. The number of hydrogen-bond acceptors (Lipinski definition) is 3. The van der Waals surface area contributed by atoms with Crippen LogP contribution in [-0.2, 0) is 14.3 Å². The highest BCUT2D eigenvalue weighted by Gasteiger charge is 2.31. The molecule has 2 N–H and O–H groups in total. The second-order valence-electron chi connectivity index (χ2n) is 5.63. The van der Waals surface area contributed by atoms with Gasteiger partial charge in [-0.15, -0.1) is 0 Å². The molecule has 110 valence electrons. The molecular weight excluding hydrogens is 246 g/mol. The molecule has 0 aromatic rings. The average Bonchev–Trinajstić information content (AvgIpc) is 2.24. The number of rotatable bonds is 8. The van der Waals surface area contributed by atoms with E-state index < -0.39 is 5.97 Å². The second-order valence-corrected chi connectivity index (χ2v) is 5.63. The van der Waals surface area contributed by atoms with E-state index in [4.69, 9.17) is 9.84 Å². The van der Waals surface area contributed by atoms with Crippen LogP contribution in [0.15, 0.2) is 0 Å². The quantitative estimate of drug-likeness (QED) is 0.706. The van der Waals surface area contributed by atoms with Gasteiger partial charge in [-0.1, -0.05) is 13.8 Å². The van der Waals surface area contributed by atoms with E-state index in [9.17, 15) is 9.59 Å². The van der Waals surface area contributed by atoms with Crippen LogP contribution in [0.2, 0.25) is 0 Å². The number of ether oxygens (including phenoxy) is 1. The zero-order chi connectivity index (χ0) is 14.4. The second kappa shape index (κ2) is 7.48. The van der Waals surface area contributed by atoms with Crippen molar-refractivity contribution in [1.29, 1.82) is 0 Å². The molecule has 1 aliphatic rings. The third-order valence-electron chi connectivity index (χ3n) is 3.61. The van der Waals surface area contributed by atoms with Gasteiger partial charge in [-0.3, -0.25) is 9.59 Å². The Labute approximate surface area is 114 Å². The Hall–Kier alpha value is -1.10. The van der Waals surface area contributed by atoms with Crippen molar-refractivity contribution in [3.63, 3.8) is 0 Å². The zero-order valence-electron chi connectivity index (χ0n) is 12.0. The monoisotopic (exact) mass is 271 g/mol.